The summed E-state index contributed by atoms with van der Waals surface area (Å²) in [5.74, 6) is -0.502. The number of carbonyl (C=O) groups is 1. The third-order valence-electron chi connectivity index (χ3n) is 8.07. The average molecular weight is 586 g/mol. The fraction of sp³-hybridized carbons (Fsp3) is 0.433. The van der Waals surface area contributed by atoms with Gasteiger partial charge >= 0.3 is 6.18 Å². The molecule has 3 aromatic rings. The predicted octanol–water partition coefficient (Wildman–Crippen LogP) is 4.84. The number of aromatic nitrogens is 2. The van der Waals surface area contributed by atoms with Gasteiger partial charge in [0, 0.05) is 43.0 Å². The number of benzene rings is 1. The lowest BCUT2D eigenvalue weighted by Crippen LogP contribution is -2.65. The molecule has 1 atom stereocenters. The minimum absolute atomic E-state index is 0.0131. The molecule has 2 N–H and O–H groups in total. The van der Waals surface area contributed by atoms with E-state index in [4.69, 9.17) is 9.47 Å². The molecule has 1 unspecified atom stereocenters. The minimum Gasteiger partial charge on any atom is -0.488 e. The molecule has 6 rings (SSSR count). The Morgan fingerprint density at radius 1 is 1.19 bits per heavy atom. The Morgan fingerprint density at radius 3 is 2.71 bits per heavy atom. The Morgan fingerprint density at radius 2 is 2.00 bits per heavy atom. The van der Waals surface area contributed by atoms with Gasteiger partial charge in [0.1, 0.15) is 11.9 Å². The maximum absolute atomic E-state index is 13.5. The Balaban J connectivity index is 1.17. The summed E-state index contributed by atoms with van der Waals surface area (Å²) >= 11 is 0. The SMILES string of the molecule is CCOc1ncccc1-c1ccc(OC2CC3(C2)CN(c2ccc(F)cc2C(F)(F)F)C3)c(C(=O)NC2CCNC2)n1. The van der Waals surface area contributed by atoms with Crippen molar-refractivity contribution in [3.8, 4) is 22.9 Å². The number of pyridine rings is 2. The minimum atomic E-state index is -4.64. The zero-order chi connectivity index (χ0) is 29.5. The first-order valence-corrected chi connectivity index (χ1v) is 14.0. The summed E-state index contributed by atoms with van der Waals surface area (Å²) in [6, 6.07) is 9.84. The van der Waals surface area contributed by atoms with Crippen LogP contribution in [-0.4, -0.2) is 60.8 Å². The van der Waals surface area contributed by atoms with Crippen LogP contribution in [0.25, 0.3) is 11.3 Å². The van der Waals surface area contributed by atoms with Crippen LogP contribution in [0.2, 0.25) is 0 Å². The van der Waals surface area contributed by atoms with E-state index in [0.29, 0.717) is 68.0 Å². The van der Waals surface area contributed by atoms with Gasteiger partial charge in [0.25, 0.3) is 5.91 Å². The third kappa shape index (κ3) is 5.59. The van der Waals surface area contributed by atoms with Crippen LogP contribution in [0.1, 0.15) is 42.2 Å². The van der Waals surface area contributed by atoms with E-state index < -0.39 is 17.6 Å². The van der Waals surface area contributed by atoms with Gasteiger partial charge < -0.3 is 25.0 Å². The quantitative estimate of drug-likeness (QED) is 0.366. The highest BCUT2D eigenvalue weighted by atomic mass is 19.4. The van der Waals surface area contributed by atoms with Crippen LogP contribution in [0.5, 0.6) is 11.6 Å². The zero-order valence-electron chi connectivity index (χ0n) is 23.0. The number of ether oxygens (including phenoxy) is 2. The molecule has 2 saturated heterocycles. The summed E-state index contributed by atoms with van der Waals surface area (Å²) in [7, 11) is 0. The van der Waals surface area contributed by atoms with E-state index in [1.807, 2.05) is 13.0 Å². The molecule has 12 heteroatoms. The molecule has 4 heterocycles. The summed E-state index contributed by atoms with van der Waals surface area (Å²) in [5, 5.41) is 6.26. The lowest BCUT2D eigenvalue weighted by Gasteiger charge is -2.59. The molecular formula is C30H31F4N5O3. The molecule has 2 aliphatic heterocycles. The van der Waals surface area contributed by atoms with Gasteiger partial charge in [0.15, 0.2) is 11.4 Å². The average Bonchev–Trinajstić information content (AvgIpc) is 3.43. The number of alkyl halides is 3. The molecule has 1 spiro atoms. The Bertz CT molecular complexity index is 1460. The zero-order valence-corrected chi connectivity index (χ0v) is 23.0. The highest BCUT2D eigenvalue weighted by molar-refractivity contribution is 5.96. The predicted molar refractivity (Wildman–Crippen MR) is 147 cm³/mol. The van der Waals surface area contributed by atoms with Gasteiger partial charge in [0.05, 0.1) is 23.4 Å². The van der Waals surface area contributed by atoms with Crippen molar-refractivity contribution in [2.75, 3.05) is 37.7 Å². The van der Waals surface area contributed by atoms with E-state index in [-0.39, 0.29) is 34.8 Å². The maximum atomic E-state index is 13.5. The van der Waals surface area contributed by atoms with Crippen molar-refractivity contribution < 1.29 is 31.8 Å². The molecule has 3 aliphatic rings. The molecule has 3 fully saturated rings. The number of halogens is 4. The molecule has 1 amide bonds. The number of anilines is 1. The van der Waals surface area contributed by atoms with E-state index in [1.165, 1.54) is 6.07 Å². The van der Waals surface area contributed by atoms with E-state index in [2.05, 4.69) is 20.6 Å². The second-order valence-electron chi connectivity index (χ2n) is 11.2. The first-order valence-electron chi connectivity index (χ1n) is 14.0. The van der Waals surface area contributed by atoms with Crippen molar-refractivity contribution in [1.29, 1.82) is 0 Å². The molecular weight excluding hydrogens is 554 g/mol. The van der Waals surface area contributed by atoms with Crippen LogP contribution in [0.15, 0.2) is 48.7 Å². The topological polar surface area (TPSA) is 88.6 Å². The number of carbonyl (C=O) groups excluding carboxylic acids is 1. The molecule has 1 saturated carbocycles. The summed E-state index contributed by atoms with van der Waals surface area (Å²) in [6.45, 7) is 4.61. The standard InChI is InChI=1S/C30H31F4N5O3/c1-2-41-28-21(4-3-10-36-28)23-6-8-25(26(38-23)27(40)37-19-9-11-35-15-19)42-20-13-29(14-20)16-39(17-29)24-7-5-18(31)12-22(24)30(32,33)34/h3-8,10,12,19-20,35H,2,9,11,13-17H2,1H3,(H,37,40). The highest BCUT2D eigenvalue weighted by Crippen LogP contribution is 2.52. The fourth-order valence-electron chi connectivity index (χ4n) is 6.10. The molecule has 8 nitrogen and oxygen atoms in total. The van der Waals surface area contributed by atoms with Crippen molar-refractivity contribution >= 4 is 11.6 Å². The van der Waals surface area contributed by atoms with Crippen LogP contribution < -0.4 is 25.0 Å². The molecule has 0 bridgehead atoms. The molecule has 42 heavy (non-hydrogen) atoms. The number of rotatable bonds is 8. The largest absolute Gasteiger partial charge is 0.488 e. The highest BCUT2D eigenvalue weighted by Gasteiger charge is 2.54. The third-order valence-corrected chi connectivity index (χ3v) is 8.07. The fourth-order valence-corrected chi connectivity index (χ4v) is 6.10. The van der Waals surface area contributed by atoms with Crippen molar-refractivity contribution in [3.63, 3.8) is 0 Å². The number of hydrogen-bond acceptors (Lipinski definition) is 7. The van der Waals surface area contributed by atoms with E-state index in [1.54, 1.807) is 29.3 Å². The van der Waals surface area contributed by atoms with Crippen LogP contribution in [0, 0.1) is 11.2 Å². The molecule has 0 radical (unpaired) electrons. The summed E-state index contributed by atoms with van der Waals surface area (Å²) in [5.41, 5.74) is 0.162. The monoisotopic (exact) mass is 585 g/mol. The van der Waals surface area contributed by atoms with E-state index in [9.17, 15) is 22.4 Å². The van der Waals surface area contributed by atoms with E-state index in [0.717, 1.165) is 19.0 Å². The van der Waals surface area contributed by atoms with E-state index >= 15 is 0 Å². The lowest BCUT2D eigenvalue weighted by atomic mass is 9.61. The Hall–Kier alpha value is -3.93. The summed E-state index contributed by atoms with van der Waals surface area (Å²) < 4.78 is 66.0. The van der Waals surface area contributed by atoms with Crippen LogP contribution in [0.3, 0.4) is 0 Å². The summed E-state index contributed by atoms with van der Waals surface area (Å²) in [6.07, 6.45) is -1.18. The van der Waals surface area contributed by atoms with Crippen LogP contribution in [0.4, 0.5) is 23.2 Å². The van der Waals surface area contributed by atoms with Gasteiger partial charge in [-0.3, -0.25) is 4.79 Å². The van der Waals surface area contributed by atoms with Gasteiger partial charge in [-0.25, -0.2) is 14.4 Å². The molecule has 222 valence electrons. The number of amides is 1. The molecule has 1 aromatic carbocycles. The number of hydrogen-bond donors (Lipinski definition) is 2. The smallest absolute Gasteiger partial charge is 0.418 e. The maximum Gasteiger partial charge on any atom is 0.418 e. The Kier molecular flexibility index (Phi) is 7.42. The van der Waals surface area contributed by atoms with Gasteiger partial charge in [-0.2, -0.15) is 13.2 Å². The van der Waals surface area contributed by atoms with Gasteiger partial charge in [-0.1, -0.05) is 0 Å². The van der Waals surface area contributed by atoms with Gasteiger partial charge in [-0.15, -0.1) is 0 Å². The normalized spacial score (nSPS) is 19.7. The van der Waals surface area contributed by atoms with Crippen molar-refractivity contribution in [3.05, 3.63) is 65.7 Å². The summed E-state index contributed by atoms with van der Waals surface area (Å²) in [4.78, 5) is 24.0. The van der Waals surface area contributed by atoms with Crippen molar-refractivity contribution in [1.82, 2.24) is 20.6 Å². The van der Waals surface area contributed by atoms with Crippen LogP contribution in [-0.2, 0) is 6.18 Å². The Labute approximate surface area is 240 Å². The first-order chi connectivity index (χ1) is 20.1. The first kappa shape index (κ1) is 28.2. The molecule has 1 aliphatic carbocycles. The second-order valence-corrected chi connectivity index (χ2v) is 11.2. The number of nitrogens with zero attached hydrogens (tertiary/aromatic N) is 3. The number of nitrogens with one attached hydrogen (secondary N) is 2. The van der Waals surface area contributed by atoms with Gasteiger partial charge in [-0.05, 0) is 75.2 Å². The molecule has 2 aromatic heterocycles. The second kappa shape index (κ2) is 11.0. The lowest BCUT2D eigenvalue weighted by molar-refractivity contribution is -0.137. The van der Waals surface area contributed by atoms with Crippen molar-refractivity contribution in [2.45, 2.75) is 44.5 Å². The van der Waals surface area contributed by atoms with Crippen LogP contribution >= 0.6 is 0 Å². The van der Waals surface area contributed by atoms with Crippen molar-refractivity contribution in [2.24, 2.45) is 5.41 Å². The van der Waals surface area contributed by atoms with Gasteiger partial charge in [0.2, 0.25) is 5.88 Å².